The minimum absolute atomic E-state index is 0.0643. The zero-order chi connectivity index (χ0) is 12.3. The molecule has 1 fully saturated rings. The number of carbonyl (C=O) groups excluding carboxylic acids is 1. The maximum atomic E-state index is 12.1. The van der Waals surface area contributed by atoms with Crippen LogP contribution in [0, 0.1) is 6.92 Å². The Morgan fingerprint density at radius 3 is 2.82 bits per heavy atom. The first-order valence-corrected chi connectivity index (χ1v) is 6.33. The first kappa shape index (κ1) is 12.4. The van der Waals surface area contributed by atoms with E-state index in [2.05, 4.69) is 10.6 Å². The van der Waals surface area contributed by atoms with Crippen molar-refractivity contribution in [1.82, 2.24) is 10.6 Å². The molecule has 2 rings (SSSR count). The molecule has 1 aromatic carbocycles. The Bertz CT molecular complexity index is 414. The van der Waals surface area contributed by atoms with Gasteiger partial charge in [0.25, 0.3) is 5.91 Å². The predicted octanol–water partition coefficient (Wildman–Crippen LogP) is 2.13. The first-order chi connectivity index (χ1) is 8.18. The van der Waals surface area contributed by atoms with Crippen LogP contribution in [0.25, 0.3) is 0 Å². The van der Waals surface area contributed by atoms with E-state index in [9.17, 15) is 4.79 Å². The number of hydrogen-bond acceptors (Lipinski definition) is 2. The molecule has 0 radical (unpaired) electrons. The zero-order valence-corrected chi connectivity index (χ0v) is 10.7. The molecule has 0 unspecified atom stereocenters. The second-order valence-electron chi connectivity index (χ2n) is 4.43. The highest BCUT2D eigenvalue weighted by molar-refractivity contribution is 6.34. The summed E-state index contributed by atoms with van der Waals surface area (Å²) in [6.45, 7) is 3.84. The average Bonchev–Trinajstić information content (AvgIpc) is 2.34. The van der Waals surface area contributed by atoms with Crippen LogP contribution in [-0.4, -0.2) is 25.0 Å². The number of amides is 1. The van der Waals surface area contributed by atoms with Gasteiger partial charge in [-0.05, 0) is 44.5 Å². The average molecular weight is 253 g/mol. The van der Waals surface area contributed by atoms with Gasteiger partial charge >= 0.3 is 0 Å². The molecule has 0 bridgehead atoms. The third-order valence-electron chi connectivity index (χ3n) is 3.11. The minimum Gasteiger partial charge on any atom is -0.349 e. The Balaban J connectivity index is 2.06. The molecule has 0 aliphatic carbocycles. The molecule has 1 amide bonds. The van der Waals surface area contributed by atoms with E-state index in [1.165, 1.54) is 0 Å². The van der Waals surface area contributed by atoms with Gasteiger partial charge in [0.15, 0.2) is 0 Å². The van der Waals surface area contributed by atoms with Crippen LogP contribution in [0.4, 0.5) is 0 Å². The third kappa shape index (κ3) is 2.99. The molecule has 17 heavy (non-hydrogen) atoms. The normalized spacial score (nSPS) is 16.8. The highest BCUT2D eigenvalue weighted by Crippen LogP contribution is 2.20. The zero-order valence-electron chi connectivity index (χ0n) is 9.92. The van der Waals surface area contributed by atoms with Gasteiger partial charge in [-0.2, -0.15) is 0 Å². The van der Waals surface area contributed by atoms with Gasteiger partial charge in [-0.1, -0.05) is 23.7 Å². The maximum absolute atomic E-state index is 12.1. The van der Waals surface area contributed by atoms with Gasteiger partial charge in [0, 0.05) is 6.04 Å². The number of aryl methyl sites for hydroxylation is 1. The lowest BCUT2D eigenvalue weighted by molar-refractivity contribution is 0.0929. The summed E-state index contributed by atoms with van der Waals surface area (Å²) in [5.74, 6) is -0.0643. The van der Waals surface area contributed by atoms with Gasteiger partial charge in [0.2, 0.25) is 0 Å². The van der Waals surface area contributed by atoms with Crippen molar-refractivity contribution in [2.45, 2.75) is 25.8 Å². The molecule has 4 heteroatoms. The summed E-state index contributed by atoms with van der Waals surface area (Å²) in [6.07, 6.45) is 1.96. The number of halogens is 1. The summed E-state index contributed by atoms with van der Waals surface area (Å²) in [4.78, 5) is 12.1. The first-order valence-electron chi connectivity index (χ1n) is 5.95. The molecule has 2 N–H and O–H groups in total. The lowest BCUT2D eigenvalue weighted by atomic mass is 10.1. The smallest absolute Gasteiger partial charge is 0.253 e. The summed E-state index contributed by atoms with van der Waals surface area (Å²) >= 11 is 6.13. The monoisotopic (exact) mass is 252 g/mol. The fraction of sp³-hybridized carbons (Fsp3) is 0.462. The number of piperidine rings is 1. The van der Waals surface area contributed by atoms with Crippen molar-refractivity contribution in [3.05, 3.63) is 34.3 Å². The van der Waals surface area contributed by atoms with Crippen LogP contribution >= 0.6 is 11.6 Å². The summed E-state index contributed by atoms with van der Waals surface area (Å²) in [7, 11) is 0. The highest BCUT2D eigenvalue weighted by Gasteiger charge is 2.18. The van der Waals surface area contributed by atoms with Crippen molar-refractivity contribution in [1.29, 1.82) is 0 Å². The Morgan fingerprint density at radius 2 is 2.12 bits per heavy atom. The SMILES string of the molecule is Cc1cccc(C(=O)NC2CCNCC2)c1Cl. The second-order valence-corrected chi connectivity index (χ2v) is 4.81. The largest absolute Gasteiger partial charge is 0.349 e. The van der Waals surface area contributed by atoms with Crippen molar-refractivity contribution < 1.29 is 4.79 Å². The van der Waals surface area contributed by atoms with E-state index in [4.69, 9.17) is 11.6 Å². The highest BCUT2D eigenvalue weighted by atomic mass is 35.5. The Morgan fingerprint density at radius 1 is 1.41 bits per heavy atom. The predicted molar refractivity (Wildman–Crippen MR) is 69.5 cm³/mol. The molecular weight excluding hydrogens is 236 g/mol. The van der Waals surface area contributed by atoms with E-state index >= 15 is 0 Å². The molecule has 0 saturated carbocycles. The maximum Gasteiger partial charge on any atom is 0.253 e. The Kier molecular flexibility index (Phi) is 4.02. The fourth-order valence-corrected chi connectivity index (χ4v) is 2.26. The van der Waals surface area contributed by atoms with Crippen molar-refractivity contribution in [3.63, 3.8) is 0 Å². The van der Waals surface area contributed by atoms with E-state index < -0.39 is 0 Å². The lowest BCUT2D eigenvalue weighted by Crippen LogP contribution is -2.42. The van der Waals surface area contributed by atoms with Gasteiger partial charge in [0.05, 0.1) is 10.6 Å². The van der Waals surface area contributed by atoms with E-state index in [0.717, 1.165) is 31.5 Å². The molecule has 0 aromatic heterocycles. The minimum atomic E-state index is -0.0643. The molecule has 92 valence electrons. The van der Waals surface area contributed by atoms with Crippen molar-refractivity contribution in [3.8, 4) is 0 Å². The van der Waals surface area contributed by atoms with Gasteiger partial charge in [-0.25, -0.2) is 0 Å². The molecule has 1 heterocycles. The molecule has 1 aromatic rings. The topological polar surface area (TPSA) is 41.1 Å². The van der Waals surface area contributed by atoms with Gasteiger partial charge < -0.3 is 10.6 Å². The molecule has 1 aliphatic heterocycles. The summed E-state index contributed by atoms with van der Waals surface area (Å²) in [6, 6.07) is 5.80. The van der Waals surface area contributed by atoms with Crippen molar-refractivity contribution in [2.75, 3.05) is 13.1 Å². The second kappa shape index (κ2) is 5.52. The number of benzene rings is 1. The quantitative estimate of drug-likeness (QED) is 0.847. The lowest BCUT2D eigenvalue weighted by Gasteiger charge is -2.23. The van der Waals surface area contributed by atoms with E-state index in [1.807, 2.05) is 19.1 Å². The van der Waals surface area contributed by atoms with Gasteiger partial charge in [0.1, 0.15) is 0 Å². The fourth-order valence-electron chi connectivity index (χ4n) is 2.05. The van der Waals surface area contributed by atoms with Gasteiger partial charge in [-0.3, -0.25) is 4.79 Å². The van der Waals surface area contributed by atoms with Crippen LogP contribution in [0.2, 0.25) is 5.02 Å². The van der Waals surface area contributed by atoms with Crippen LogP contribution in [-0.2, 0) is 0 Å². The molecule has 1 aliphatic rings. The molecule has 3 nitrogen and oxygen atoms in total. The Labute approximate surface area is 107 Å². The summed E-state index contributed by atoms with van der Waals surface area (Å²) in [5, 5.41) is 6.87. The van der Waals surface area contributed by atoms with Crippen molar-refractivity contribution >= 4 is 17.5 Å². The third-order valence-corrected chi connectivity index (χ3v) is 3.61. The Hall–Kier alpha value is -1.06. The van der Waals surface area contributed by atoms with Crippen LogP contribution < -0.4 is 10.6 Å². The van der Waals surface area contributed by atoms with Crippen LogP contribution in [0.3, 0.4) is 0 Å². The van der Waals surface area contributed by atoms with Crippen LogP contribution in [0.15, 0.2) is 18.2 Å². The summed E-state index contributed by atoms with van der Waals surface area (Å²) < 4.78 is 0. The number of hydrogen-bond donors (Lipinski definition) is 2. The number of rotatable bonds is 2. The standard InChI is InChI=1S/C13H17ClN2O/c1-9-3-2-4-11(12(9)14)13(17)16-10-5-7-15-8-6-10/h2-4,10,15H,5-8H2,1H3,(H,16,17). The summed E-state index contributed by atoms with van der Waals surface area (Å²) in [5.41, 5.74) is 1.51. The van der Waals surface area contributed by atoms with E-state index in [1.54, 1.807) is 6.07 Å². The van der Waals surface area contributed by atoms with E-state index in [-0.39, 0.29) is 11.9 Å². The van der Waals surface area contributed by atoms with Crippen LogP contribution in [0.1, 0.15) is 28.8 Å². The number of carbonyl (C=O) groups is 1. The van der Waals surface area contributed by atoms with Crippen LogP contribution in [0.5, 0.6) is 0 Å². The van der Waals surface area contributed by atoms with Crippen molar-refractivity contribution in [2.24, 2.45) is 0 Å². The van der Waals surface area contributed by atoms with E-state index in [0.29, 0.717) is 10.6 Å². The molecule has 0 atom stereocenters. The molecular formula is C13H17ClN2O. The number of nitrogens with one attached hydrogen (secondary N) is 2. The molecule has 1 saturated heterocycles. The molecule has 0 spiro atoms. The van der Waals surface area contributed by atoms with Gasteiger partial charge in [-0.15, -0.1) is 0 Å².